The zero-order valence-corrected chi connectivity index (χ0v) is 30.7. The van der Waals surface area contributed by atoms with Crippen LogP contribution in [0.5, 0.6) is 0 Å². The molecular weight excluding hydrogens is 558 g/mol. The van der Waals surface area contributed by atoms with Gasteiger partial charge in [-0.3, -0.25) is 9.59 Å². The van der Waals surface area contributed by atoms with Crippen LogP contribution < -0.4 is 0 Å². The monoisotopic (exact) mass is 636 g/mol. The molecule has 0 amide bonds. The highest BCUT2D eigenvalue weighted by molar-refractivity contribution is 5.72. The molecule has 2 atom stereocenters. The molecule has 1 rings (SSSR count). The molecule has 0 bridgehead atoms. The Morgan fingerprint density at radius 1 is 0.600 bits per heavy atom. The summed E-state index contributed by atoms with van der Waals surface area (Å²) in [6, 6.07) is 0. The molecule has 1 heterocycles. The van der Waals surface area contributed by atoms with Crippen molar-refractivity contribution < 1.29 is 19.1 Å². The van der Waals surface area contributed by atoms with Gasteiger partial charge in [-0.2, -0.15) is 0 Å². The number of esters is 2. The maximum Gasteiger partial charge on any atom is 0.309 e. The molecule has 0 aromatic heterocycles. The summed E-state index contributed by atoms with van der Waals surface area (Å²) in [5, 5.41) is 0. The van der Waals surface area contributed by atoms with Crippen molar-refractivity contribution in [1.82, 2.24) is 4.90 Å². The van der Waals surface area contributed by atoms with Gasteiger partial charge < -0.3 is 14.4 Å². The quantitative estimate of drug-likeness (QED) is 0.0560. The lowest BCUT2D eigenvalue weighted by Crippen LogP contribution is -2.35. The molecule has 45 heavy (non-hydrogen) atoms. The first-order valence-electron chi connectivity index (χ1n) is 20.0. The van der Waals surface area contributed by atoms with Gasteiger partial charge in [0.2, 0.25) is 0 Å². The Morgan fingerprint density at radius 3 is 1.60 bits per heavy atom. The first kappa shape index (κ1) is 41.9. The molecule has 1 aliphatic rings. The Balaban J connectivity index is 2.17. The number of likely N-dealkylation sites (tertiary alicyclic amines) is 1. The SMILES string of the molecule is CCCCCCCCCC(CCCCCCCCCCC(=O)OCC(CCCC)CCCCCC)OC(=O)C1CCN(C)CC1. The highest BCUT2D eigenvalue weighted by Crippen LogP contribution is 2.23. The van der Waals surface area contributed by atoms with Crippen LogP contribution >= 0.6 is 0 Å². The van der Waals surface area contributed by atoms with Gasteiger partial charge in [-0.05, 0) is 83.8 Å². The predicted octanol–water partition coefficient (Wildman–Crippen LogP) is 11.6. The molecule has 0 aromatic rings. The van der Waals surface area contributed by atoms with Gasteiger partial charge in [0.15, 0.2) is 0 Å². The van der Waals surface area contributed by atoms with E-state index in [4.69, 9.17) is 9.47 Å². The molecule has 266 valence electrons. The number of unbranched alkanes of at least 4 members (excludes halogenated alkanes) is 17. The number of carbonyl (C=O) groups is 2. The molecule has 1 fully saturated rings. The molecule has 0 aliphatic carbocycles. The molecule has 0 radical (unpaired) electrons. The Morgan fingerprint density at radius 2 is 1.04 bits per heavy atom. The van der Waals surface area contributed by atoms with Crippen LogP contribution in [0.1, 0.15) is 201 Å². The average Bonchev–Trinajstić information content (AvgIpc) is 3.04. The number of hydrogen-bond donors (Lipinski definition) is 0. The van der Waals surface area contributed by atoms with Crippen LogP contribution in [-0.4, -0.2) is 49.7 Å². The van der Waals surface area contributed by atoms with E-state index >= 15 is 0 Å². The second-order valence-corrected chi connectivity index (χ2v) is 14.5. The van der Waals surface area contributed by atoms with Gasteiger partial charge in [0.05, 0.1) is 12.5 Å². The maximum atomic E-state index is 12.9. The van der Waals surface area contributed by atoms with Crippen molar-refractivity contribution in [2.24, 2.45) is 11.8 Å². The van der Waals surface area contributed by atoms with E-state index < -0.39 is 0 Å². The highest BCUT2D eigenvalue weighted by Gasteiger charge is 2.26. The lowest BCUT2D eigenvalue weighted by Gasteiger charge is -2.29. The van der Waals surface area contributed by atoms with Gasteiger partial charge >= 0.3 is 11.9 Å². The molecule has 1 aliphatic heterocycles. The van der Waals surface area contributed by atoms with E-state index in [2.05, 4.69) is 32.7 Å². The van der Waals surface area contributed by atoms with Crippen molar-refractivity contribution in [3.63, 3.8) is 0 Å². The van der Waals surface area contributed by atoms with Gasteiger partial charge in [-0.1, -0.05) is 136 Å². The average molecular weight is 636 g/mol. The zero-order valence-electron chi connectivity index (χ0n) is 30.7. The Bertz CT molecular complexity index is 675. The van der Waals surface area contributed by atoms with Crippen LogP contribution in [-0.2, 0) is 19.1 Å². The topological polar surface area (TPSA) is 55.8 Å². The standard InChI is InChI=1S/C40H77NO4/c1-5-8-11-13-16-19-23-28-38(45-40(43)37-31-33-41(4)34-32-37)29-24-20-17-14-15-18-21-25-30-39(42)44-35-36(26-10-7-3)27-22-12-9-6-2/h36-38H,5-35H2,1-4H3. The lowest BCUT2D eigenvalue weighted by molar-refractivity contribution is -0.156. The third-order valence-electron chi connectivity index (χ3n) is 10.0. The summed E-state index contributed by atoms with van der Waals surface area (Å²) in [4.78, 5) is 27.5. The van der Waals surface area contributed by atoms with Crippen molar-refractivity contribution in [2.75, 3.05) is 26.7 Å². The molecule has 0 saturated carbocycles. The maximum absolute atomic E-state index is 12.9. The van der Waals surface area contributed by atoms with E-state index in [0.29, 0.717) is 18.9 Å². The lowest BCUT2D eigenvalue weighted by atomic mass is 9.96. The first-order valence-corrected chi connectivity index (χ1v) is 20.0. The summed E-state index contributed by atoms with van der Waals surface area (Å²) < 4.78 is 11.8. The van der Waals surface area contributed by atoms with E-state index in [0.717, 1.165) is 58.0 Å². The Hall–Kier alpha value is -1.10. The molecule has 0 spiro atoms. The van der Waals surface area contributed by atoms with Crippen molar-refractivity contribution >= 4 is 11.9 Å². The molecule has 5 heteroatoms. The summed E-state index contributed by atoms with van der Waals surface area (Å²) in [6.07, 6.45) is 33.2. The van der Waals surface area contributed by atoms with E-state index in [1.165, 1.54) is 128 Å². The van der Waals surface area contributed by atoms with Crippen LogP contribution in [0.3, 0.4) is 0 Å². The summed E-state index contributed by atoms with van der Waals surface area (Å²) >= 11 is 0. The number of ether oxygens (including phenoxy) is 2. The number of hydrogen-bond acceptors (Lipinski definition) is 5. The first-order chi connectivity index (χ1) is 22.0. The van der Waals surface area contributed by atoms with E-state index in [1.807, 2.05) is 0 Å². The van der Waals surface area contributed by atoms with Crippen LogP contribution in [0.25, 0.3) is 0 Å². The number of piperidine rings is 1. The second-order valence-electron chi connectivity index (χ2n) is 14.5. The highest BCUT2D eigenvalue weighted by atomic mass is 16.5. The second kappa shape index (κ2) is 30.2. The Kier molecular flexibility index (Phi) is 28.2. The minimum Gasteiger partial charge on any atom is -0.465 e. The summed E-state index contributed by atoms with van der Waals surface area (Å²) in [5.74, 6) is 0.724. The molecule has 5 nitrogen and oxygen atoms in total. The number of nitrogens with zero attached hydrogens (tertiary/aromatic N) is 1. The van der Waals surface area contributed by atoms with Gasteiger partial charge in [-0.15, -0.1) is 0 Å². The molecular formula is C40H77NO4. The van der Waals surface area contributed by atoms with E-state index in [1.54, 1.807) is 0 Å². The zero-order chi connectivity index (χ0) is 32.8. The summed E-state index contributed by atoms with van der Waals surface area (Å²) in [5.41, 5.74) is 0. The number of rotatable bonds is 31. The summed E-state index contributed by atoms with van der Waals surface area (Å²) in [7, 11) is 2.14. The largest absolute Gasteiger partial charge is 0.465 e. The van der Waals surface area contributed by atoms with Crippen LogP contribution in [0.15, 0.2) is 0 Å². The van der Waals surface area contributed by atoms with Gasteiger partial charge in [0, 0.05) is 6.42 Å². The fourth-order valence-corrected chi connectivity index (χ4v) is 6.74. The van der Waals surface area contributed by atoms with E-state index in [-0.39, 0.29) is 24.0 Å². The van der Waals surface area contributed by atoms with Crippen molar-refractivity contribution in [1.29, 1.82) is 0 Å². The van der Waals surface area contributed by atoms with Crippen LogP contribution in [0, 0.1) is 11.8 Å². The van der Waals surface area contributed by atoms with Crippen LogP contribution in [0.2, 0.25) is 0 Å². The summed E-state index contributed by atoms with van der Waals surface area (Å²) in [6.45, 7) is 9.40. The molecule has 0 aromatic carbocycles. The third kappa shape index (κ3) is 24.7. The van der Waals surface area contributed by atoms with Crippen molar-refractivity contribution in [3.8, 4) is 0 Å². The van der Waals surface area contributed by atoms with Crippen molar-refractivity contribution in [3.05, 3.63) is 0 Å². The minimum atomic E-state index is 0.00706. The third-order valence-corrected chi connectivity index (χ3v) is 10.0. The van der Waals surface area contributed by atoms with Gasteiger partial charge in [0.25, 0.3) is 0 Å². The van der Waals surface area contributed by atoms with Gasteiger partial charge in [-0.25, -0.2) is 0 Å². The normalized spacial score (nSPS) is 15.6. The van der Waals surface area contributed by atoms with Crippen LogP contribution in [0.4, 0.5) is 0 Å². The van der Waals surface area contributed by atoms with Gasteiger partial charge in [0.1, 0.15) is 6.10 Å². The molecule has 2 unspecified atom stereocenters. The Labute approximate surface area is 280 Å². The minimum absolute atomic E-state index is 0.00706. The van der Waals surface area contributed by atoms with E-state index in [9.17, 15) is 9.59 Å². The molecule has 0 N–H and O–H groups in total. The fraction of sp³-hybridized carbons (Fsp3) is 0.950. The van der Waals surface area contributed by atoms with Crippen molar-refractivity contribution in [2.45, 2.75) is 207 Å². The number of carbonyl (C=O) groups excluding carboxylic acids is 2. The predicted molar refractivity (Wildman–Crippen MR) is 192 cm³/mol. The molecule has 1 saturated heterocycles. The fourth-order valence-electron chi connectivity index (χ4n) is 6.74. The smallest absolute Gasteiger partial charge is 0.309 e.